The SMILES string of the molecule is Cc1noc(-c2ccc(-c3ccccc3)cc2)c1NC(=O)O[C@H](C)C1CCC1. The number of carbonyl (C=O) groups is 1. The maximum absolute atomic E-state index is 12.3. The van der Waals surface area contributed by atoms with E-state index in [4.69, 9.17) is 9.26 Å². The summed E-state index contributed by atoms with van der Waals surface area (Å²) >= 11 is 0. The van der Waals surface area contributed by atoms with Crippen molar-refractivity contribution >= 4 is 11.8 Å². The van der Waals surface area contributed by atoms with Crippen molar-refractivity contribution < 1.29 is 14.1 Å². The van der Waals surface area contributed by atoms with Crippen LogP contribution in [0.5, 0.6) is 0 Å². The van der Waals surface area contributed by atoms with E-state index in [2.05, 4.69) is 22.6 Å². The molecule has 0 unspecified atom stereocenters. The Kier molecular flexibility index (Phi) is 5.15. The Bertz CT molecular complexity index is 944. The zero-order chi connectivity index (χ0) is 19.5. The molecule has 5 heteroatoms. The van der Waals surface area contributed by atoms with Crippen LogP contribution in [0.25, 0.3) is 22.5 Å². The van der Waals surface area contributed by atoms with Gasteiger partial charge >= 0.3 is 6.09 Å². The summed E-state index contributed by atoms with van der Waals surface area (Å²) in [5.41, 5.74) is 4.29. The molecule has 1 saturated carbocycles. The van der Waals surface area contributed by atoms with Crippen molar-refractivity contribution in [2.75, 3.05) is 5.32 Å². The van der Waals surface area contributed by atoms with Crippen LogP contribution in [0.3, 0.4) is 0 Å². The molecule has 5 nitrogen and oxygen atoms in total. The van der Waals surface area contributed by atoms with E-state index in [0.29, 0.717) is 23.1 Å². The first-order valence-electron chi connectivity index (χ1n) is 9.71. The number of carbonyl (C=O) groups excluding carboxylic acids is 1. The van der Waals surface area contributed by atoms with Gasteiger partial charge in [0.15, 0.2) is 5.76 Å². The highest BCUT2D eigenvalue weighted by atomic mass is 16.6. The molecule has 1 N–H and O–H groups in total. The van der Waals surface area contributed by atoms with Gasteiger partial charge in [0.2, 0.25) is 0 Å². The molecule has 0 aliphatic heterocycles. The van der Waals surface area contributed by atoms with Gasteiger partial charge in [-0.05, 0) is 43.7 Å². The van der Waals surface area contributed by atoms with Crippen molar-refractivity contribution in [3.63, 3.8) is 0 Å². The summed E-state index contributed by atoms with van der Waals surface area (Å²) in [7, 11) is 0. The van der Waals surface area contributed by atoms with E-state index in [9.17, 15) is 4.79 Å². The predicted octanol–water partition coefficient (Wildman–Crippen LogP) is 6.05. The molecule has 0 spiro atoms. The fourth-order valence-corrected chi connectivity index (χ4v) is 3.46. The lowest BCUT2D eigenvalue weighted by Gasteiger charge is -2.30. The Morgan fingerprint density at radius 3 is 2.36 bits per heavy atom. The smallest absolute Gasteiger partial charge is 0.412 e. The normalized spacial score (nSPS) is 14.9. The number of nitrogens with one attached hydrogen (secondary N) is 1. The molecule has 2 aromatic carbocycles. The molecule has 1 aliphatic rings. The van der Waals surface area contributed by atoms with Crippen molar-refractivity contribution in [2.24, 2.45) is 5.92 Å². The first-order valence-corrected chi connectivity index (χ1v) is 9.71. The number of hydrogen-bond acceptors (Lipinski definition) is 4. The number of anilines is 1. The molecule has 0 saturated heterocycles. The van der Waals surface area contributed by atoms with Crippen LogP contribution in [0.1, 0.15) is 31.9 Å². The van der Waals surface area contributed by atoms with E-state index in [1.807, 2.05) is 49.4 Å². The van der Waals surface area contributed by atoms with E-state index >= 15 is 0 Å². The lowest BCUT2D eigenvalue weighted by molar-refractivity contribution is 0.0531. The summed E-state index contributed by atoms with van der Waals surface area (Å²) in [4.78, 5) is 12.3. The first kappa shape index (κ1) is 18.3. The Morgan fingerprint density at radius 1 is 1.07 bits per heavy atom. The molecule has 4 rings (SSSR count). The van der Waals surface area contributed by atoms with Crippen molar-refractivity contribution in [3.05, 3.63) is 60.3 Å². The van der Waals surface area contributed by atoms with E-state index in [0.717, 1.165) is 29.5 Å². The largest absolute Gasteiger partial charge is 0.446 e. The Hall–Kier alpha value is -3.08. The van der Waals surface area contributed by atoms with Gasteiger partial charge in [-0.1, -0.05) is 66.2 Å². The highest BCUT2D eigenvalue weighted by Crippen LogP contribution is 2.34. The van der Waals surface area contributed by atoms with Crippen LogP contribution in [0.4, 0.5) is 10.5 Å². The van der Waals surface area contributed by atoms with E-state index in [1.54, 1.807) is 6.92 Å². The number of aromatic nitrogens is 1. The minimum Gasteiger partial charge on any atom is -0.446 e. The van der Waals surface area contributed by atoms with Crippen LogP contribution >= 0.6 is 0 Å². The molecular formula is C23H24N2O3. The summed E-state index contributed by atoms with van der Waals surface area (Å²) in [6.07, 6.45) is 2.92. The number of aryl methyl sites for hydroxylation is 1. The third-order valence-corrected chi connectivity index (χ3v) is 5.45. The van der Waals surface area contributed by atoms with Crippen LogP contribution in [-0.4, -0.2) is 17.4 Å². The summed E-state index contributed by atoms with van der Waals surface area (Å²) < 4.78 is 11.0. The molecule has 1 aliphatic carbocycles. The number of hydrogen-bond donors (Lipinski definition) is 1. The minimum absolute atomic E-state index is 0.0810. The van der Waals surface area contributed by atoms with Gasteiger partial charge < -0.3 is 9.26 Å². The Morgan fingerprint density at radius 2 is 1.71 bits per heavy atom. The highest BCUT2D eigenvalue weighted by Gasteiger charge is 2.27. The Labute approximate surface area is 164 Å². The van der Waals surface area contributed by atoms with Crippen molar-refractivity contribution in [1.82, 2.24) is 5.16 Å². The van der Waals surface area contributed by atoms with Gasteiger partial charge in [-0.15, -0.1) is 0 Å². The van der Waals surface area contributed by atoms with Gasteiger partial charge in [0, 0.05) is 5.56 Å². The first-order chi connectivity index (χ1) is 13.6. The monoisotopic (exact) mass is 376 g/mol. The second-order valence-electron chi connectivity index (χ2n) is 7.34. The van der Waals surface area contributed by atoms with Crippen LogP contribution in [0.15, 0.2) is 59.1 Å². The zero-order valence-corrected chi connectivity index (χ0v) is 16.1. The molecule has 1 fully saturated rings. The predicted molar refractivity (Wildman–Crippen MR) is 109 cm³/mol. The van der Waals surface area contributed by atoms with Crippen LogP contribution in [-0.2, 0) is 4.74 Å². The van der Waals surface area contributed by atoms with E-state index < -0.39 is 6.09 Å². The lowest BCUT2D eigenvalue weighted by atomic mass is 9.82. The average molecular weight is 376 g/mol. The third-order valence-electron chi connectivity index (χ3n) is 5.45. The van der Waals surface area contributed by atoms with Gasteiger partial charge in [0.25, 0.3) is 0 Å². The van der Waals surface area contributed by atoms with E-state index in [1.165, 1.54) is 6.42 Å². The molecule has 1 aromatic heterocycles. The second kappa shape index (κ2) is 7.89. The maximum atomic E-state index is 12.3. The summed E-state index contributed by atoms with van der Waals surface area (Å²) in [6.45, 7) is 3.75. The molecule has 3 aromatic rings. The number of rotatable bonds is 5. The van der Waals surface area contributed by atoms with Gasteiger partial charge in [0.1, 0.15) is 17.5 Å². The molecule has 144 valence electrons. The van der Waals surface area contributed by atoms with Crippen LogP contribution in [0.2, 0.25) is 0 Å². The van der Waals surface area contributed by atoms with Crippen molar-refractivity contribution in [2.45, 2.75) is 39.2 Å². The quantitative estimate of drug-likeness (QED) is 0.588. The number of ether oxygens (including phenoxy) is 1. The topological polar surface area (TPSA) is 64.4 Å². The molecule has 1 amide bonds. The summed E-state index contributed by atoms with van der Waals surface area (Å²) in [5, 5.41) is 6.84. The van der Waals surface area contributed by atoms with Gasteiger partial charge in [-0.25, -0.2) is 4.79 Å². The van der Waals surface area contributed by atoms with Gasteiger partial charge in [-0.3, -0.25) is 5.32 Å². The third kappa shape index (κ3) is 3.79. The number of nitrogens with zero attached hydrogens (tertiary/aromatic N) is 1. The molecular weight excluding hydrogens is 352 g/mol. The molecule has 1 atom stereocenters. The van der Waals surface area contributed by atoms with E-state index in [-0.39, 0.29) is 6.10 Å². The highest BCUT2D eigenvalue weighted by molar-refractivity contribution is 5.91. The molecule has 1 heterocycles. The number of amides is 1. The number of benzene rings is 2. The zero-order valence-electron chi connectivity index (χ0n) is 16.1. The van der Waals surface area contributed by atoms with Crippen molar-refractivity contribution in [3.8, 4) is 22.5 Å². The molecule has 28 heavy (non-hydrogen) atoms. The average Bonchev–Trinajstić information content (AvgIpc) is 3.01. The fraction of sp³-hybridized carbons (Fsp3) is 0.304. The van der Waals surface area contributed by atoms with Gasteiger partial charge in [-0.2, -0.15) is 0 Å². The fourth-order valence-electron chi connectivity index (χ4n) is 3.46. The Balaban J connectivity index is 1.50. The second-order valence-corrected chi connectivity index (χ2v) is 7.34. The van der Waals surface area contributed by atoms with Crippen LogP contribution < -0.4 is 5.32 Å². The van der Waals surface area contributed by atoms with Crippen molar-refractivity contribution in [1.29, 1.82) is 0 Å². The van der Waals surface area contributed by atoms with Crippen LogP contribution in [0, 0.1) is 12.8 Å². The van der Waals surface area contributed by atoms with Gasteiger partial charge in [0.05, 0.1) is 0 Å². The summed E-state index contributed by atoms with van der Waals surface area (Å²) in [5.74, 6) is 1.00. The maximum Gasteiger partial charge on any atom is 0.412 e. The standard InChI is InChI=1S/C23H24N2O3/c1-15-21(24-23(26)27-16(2)17-9-6-10-17)22(28-25-15)20-13-11-19(12-14-20)18-7-4-3-5-8-18/h3-5,7-8,11-14,16-17H,6,9-10H2,1-2H3,(H,24,26)/t16-/m1/s1. The lowest BCUT2D eigenvalue weighted by Crippen LogP contribution is -2.30. The summed E-state index contributed by atoms with van der Waals surface area (Å²) in [6, 6.07) is 18.2. The molecule has 0 bridgehead atoms. The minimum atomic E-state index is -0.465. The molecule has 0 radical (unpaired) electrons.